The zero-order chi connectivity index (χ0) is 18.8. The van der Waals surface area contributed by atoms with Crippen molar-refractivity contribution >= 4 is 29.2 Å². The number of benzene rings is 1. The average molecular weight is 380 g/mol. The summed E-state index contributed by atoms with van der Waals surface area (Å²) < 4.78 is 9.98. The predicted molar refractivity (Wildman–Crippen MR) is 97.9 cm³/mol. The Morgan fingerprint density at radius 3 is 2.73 bits per heavy atom. The van der Waals surface area contributed by atoms with E-state index in [0.717, 1.165) is 0 Å². The van der Waals surface area contributed by atoms with Gasteiger partial charge in [0.2, 0.25) is 11.8 Å². The van der Waals surface area contributed by atoms with Gasteiger partial charge in [0.25, 0.3) is 0 Å². The molecule has 7 nitrogen and oxygen atoms in total. The lowest BCUT2D eigenvalue weighted by Gasteiger charge is -2.24. The van der Waals surface area contributed by atoms with Crippen LogP contribution in [-0.4, -0.2) is 48.2 Å². The summed E-state index contributed by atoms with van der Waals surface area (Å²) in [6.45, 7) is 3.24. The first-order chi connectivity index (χ1) is 12.6. The highest BCUT2D eigenvalue weighted by atomic mass is 35.5. The van der Waals surface area contributed by atoms with Crippen LogP contribution in [0.4, 0.5) is 5.82 Å². The number of alkyl halides is 1. The fraction of sp³-hybridized carbons (Fsp3) is 0.389. The third-order valence-corrected chi connectivity index (χ3v) is 4.02. The molecule has 140 valence electrons. The molecule has 0 aliphatic carbocycles. The van der Waals surface area contributed by atoms with Gasteiger partial charge in [0.05, 0.1) is 6.54 Å². The number of carbonyl (C=O) groups excluding carboxylic acids is 2. The maximum absolute atomic E-state index is 12.8. The summed E-state index contributed by atoms with van der Waals surface area (Å²) in [4.78, 5) is 26.4. The molecule has 0 spiro atoms. The van der Waals surface area contributed by atoms with Crippen molar-refractivity contribution in [2.75, 3.05) is 31.6 Å². The first-order valence-electron chi connectivity index (χ1n) is 8.37. The van der Waals surface area contributed by atoms with Crippen LogP contribution in [0.1, 0.15) is 24.3 Å². The van der Waals surface area contributed by atoms with E-state index >= 15 is 0 Å². The molecule has 2 rings (SSSR count). The van der Waals surface area contributed by atoms with E-state index in [9.17, 15) is 9.59 Å². The summed E-state index contributed by atoms with van der Waals surface area (Å²) in [6, 6.07) is 10.6. The number of hydrogen-bond donors (Lipinski definition) is 1. The number of carbonyl (C=O) groups is 2. The molecule has 1 unspecified atom stereocenters. The molecule has 0 aliphatic heterocycles. The van der Waals surface area contributed by atoms with Gasteiger partial charge in [-0.3, -0.25) is 9.59 Å². The smallest absolute Gasteiger partial charge is 0.245 e. The van der Waals surface area contributed by atoms with Crippen LogP contribution < -0.4 is 5.32 Å². The topological polar surface area (TPSA) is 84.7 Å². The van der Waals surface area contributed by atoms with E-state index in [2.05, 4.69) is 15.0 Å². The van der Waals surface area contributed by atoms with Gasteiger partial charge in [0.1, 0.15) is 11.6 Å². The van der Waals surface area contributed by atoms with Crippen molar-refractivity contribution in [2.45, 2.75) is 18.7 Å². The Hall–Kier alpha value is -2.38. The lowest BCUT2D eigenvalue weighted by molar-refractivity contribution is -0.134. The standard InChI is InChI=1S/C18H22ClN3O4/c1-2-25-11-6-10-22(13-16(23)20-15-9-12-26-21-15)18(24)17(19)14-7-4-3-5-8-14/h3-5,7-9,12,17H,2,6,10-11,13H2,1H3,(H,20,21,23). The molecule has 1 atom stereocenters. The molecule has 26 heavy (non-hydrogen) atoms. The van der Waals surface area contributed by atoms with Crippen molar-refractivity contribution in [3.63, 3.8) is 0 Å². The summed E-state index contributed by atoms with van der Waals surface area (Å²) >= 11 is 6.34. The molecule has 1 aromatic heterocycles. The SMILES string of the molecule is CCOCCCN(CC(=O)Nc1ccon1)C(=O)C(Cl)c1ccccc1. The number of halogens is 1. The van der Waals surface area contributed by atoms with Crippen molar-refractivity contribution < 1.29 is 18.8 Å². The highest BCUT2D eigenvalue weighted by molar-refractivity contribution is 6.30. The average Bonchev–Trinajstić information content (AvgIpc) is 3.16. The highest BCUT2D eigenvalue weighted by Gasteiger charge is 2.25. The Labute approximate surface area is 157 Å². The van der Waals surface area contributed by atoms with Crippen molar-refractivity contribution in [1.82, 2.24) is 10.1 Å². The summed E-state index contributed by atoms with van der Waals surface area (Å²) in [5.74, 6) is -0.410. The largest absolute Gasteiger partial charge is 0.382 e. The minimum Gasteiger partial charge on any atom is -0.382 e. The lowest BCUT2D eigenvalue weighted by Crippen LogP contribution is -2.40. The Morgan fingerprint density at radius 2 is 2.08 bits per heavy atom. The molecule has 0 saturated heterocycles. The number of anilines is 1. The van der Waals surface area contributed by atoms with E-state index in [1.807, 2.05) is 25.1 Å². The second-order valence-electron chi connectivity index (χ2n) is 5.52. The molecule has 1 aromatic carbocycles. The molecule has 1 N–H and O–H groups in total. The van der Waals surface area contributed by atoms with Crippen LogP contribution in [0.25, 0.3) is 0 Å². The summed E-state index contributed by atoms with van der Waals surface area (Å²) in [5, 5.41) is 5.34. The normalized spacial score (nSPS) is 11.8. The first-order valence-corrected chi connectivity index (χ1v) is 8.81. The zero-order valence-electron chi connectivity index (χ0n) is 14.6. The van der Waals surface area contributed by atoms with E-state index < -0.39 is 5.38 Å². The summed E-state index contributed by atoms with van der Waals surface area (Å²) in [5.41, 5.74) is 0.686. The Morgan fingerprint density at radius 1 is 1.31 bits per heavy atom. The molecule has 0 saturated carbocycles. The number of aromatic nitrogens is 1. The van der Waals surface area contributed by atoms with Crippen LogP contribution in [0.15, 0.2) is 47.2 Å². The quantitative estimate of drug-likeness (QED) is 0.507. The van der Waals surface area contributed by atoms with Gasteiger partial charge in [-0.1, -0.05) is 35.5 Å². The minimum atomic E-state index is -0.858. The Bertz CT molecular complexity index is 679. The van der Waals surface area contributed by atoms with E-state index in [4.69, 9.17) is 16.3 Å². The van der Waals surface area contributed by atoms with Crippen molar-refractivity contribution in [3.8, 4) is 0 Å². The fourth-order valence-corrected chi connectivity index (χ4v) is 2.61. The molecule has 1 heterocycles. The van der Waals surface area contributed by atoms with Gasteiger partial charge in [0, 0.05) is 25.8 Å². The molecule has 2 aromatic rings. The number of rotatable bonds is 10. The van der Waals surface area contributed by atoms with Gasteiger partial charge < -0.3 is 19.5 Å². The third kappa shape index (κ3) is 6.16. The third-order valence-electron chi connectivity index (χ3n) is 3.58. The number of hydrogen-bond acceptors (Lipinski definition) is 5. The number of nitrogens with one attached hydrogen (secondary N) is 1. The lowest BCUT2D eigenvalue weighted by atomic mass is 10.1. The van der Waals surface area contributed by atoms with Gasteiger partial charge in [-0.2, -0.15) is 0 Å². The zero-order valence-corrected chi connectivity index (χ0v) is 15.3. The van der Waals surface area contributed by atoms with Crippen LogP contribution >= 0.6 is 11.6 Å². The predicted octanol–water partition coefficient (Wildman–Crippen LogP) is 2.85. The monoisotopic (exact) mass is 379 g/mol. The van der Waals surface area contributed by atoms with Crippen molar-refractivity contribution in [1.29, 1.82) is 0 Å². The van der Waals surface area contributed by atoms with Crippen molar-refractivity contribution in [2.24, 2.45) is 0 Å². The Balaban J connectivity index is 2.01. The molecule has 0 fully saturated rings. The van der Waals surface area contributed by atoms with Gasteiger partial charge in [-0.25, -0.2) is 0 Å². The molecule has 2 amide bonds. The Kier molecular flexibility index (Phi) is 8.11. The first kappa shape index (κ1) is 19.9. The molecular formula is C18H22ClN3O4. The van der Waals surface area contributed by atoms with E-state index in [0.29, 0.717) is 37.6 Å². The maximum Gasteiger partial charge on any atom is 0.245 e. The second-order valence-corrected chi connectivity index (χ2v) is 5.95. The summed E-state index contributed by atoms with van der Waals surface area (Å²) in [6.07, 6.45) is 1.96. The molecule has 0 aliphatic rings. The second kappa shape index (κ2) is 10.6. The van der Waals surface area contributed by atoms with E-state index in [-0.39, 0.29) is 18.4 Å². The number of amides is 2. The van der Waals surface area contributed by atoms with Crippen molar-refractivity contribution in [3.05, 3.63) is 48.2 Å². The van der Waals surface area contributed by atoms with Crippen LogP contribution in [0.5, 0.6) is 0 Å². The summed E-state index contributed by atoms with van der Waals surface area (Å²) in [7, 11) is 0. The molecule has 0 radical (unpaired) electrons. The molecular weight excluding hydrogens is 358 g/mol. The van der Waals surface area contributed by atoms with Gasteiger partial charge >= 0.3 is 0 Å². The van der Waals surface area contributed by atoms with Gasteiger partial charge in [-0.05, 0) is 18.9 Å². The minimum absolute atomic E-state index is 0.131. The van der Waals surface area contributed by atoms with Gasteiger partial charge in [0.15, 0.2) is 5.82 Å². The fourth-order valence-electron chi connectivity index (χ4n) is 2.33. The maximum atomic E-state index is 12.8. The van der Waals surface area contributed by atoms with Crippen LogP contribution in [-0.2, 0) is 14.3 Å². The van der Waals surface area contributed by atoms with Gasteiger partial charge in [-0.15, -0.1) is 11.6 Å². The molecule has 0 bridgehead atoms. The van der Waals surface area contributed by atoms with Crippen LogP contribution in [0.3, 0.4) is 0 Å². The number of nitrogens with zero attached hydrogens (tertiary/aromatic N) is 2. The van der Waals surface area contributed by atoms with E-state index in [1.54, 1.807) is 12.1 Å². The highest BCUT2D eigenvalue weighted by Crippen LogP contribution is 2.23. The number of ether oxygens (including phenoxy) is 1. The molecule has 8 heteroatoms. The van der Waals surface area contributed by atoms with E-state index in [1.165, 1.54) is 17.2 Å². The van der Waals surface area contributed by atoms with Crippen LogP contribution in [0, 0.1) is 0 Å². The van der Waals surface area contributed by atoms with Crippen LogP contribution in [0.2, 0.25) is 0 Å².